The summed E-state index contributed by atoms with van der Waals surface area (Å²) in [5, 5.41) is 1.06. The zero-order chi connectivity index (χ0) is 14.5. The van der Waals surface area contributed by atoms with E-state index in [0.717, 1.165) is 23.6 Å². The largest absolute Gasteiger partial charge is 0.489 e. The van der Waals surface area contributed by atoms with Crippen molar-refractivity contribution in [3.63, 3.8) is 0 Å². The van der Waals surface area contributed by atoms with Gasteiger partial charge < -0.3 is 9.47 Å². The van der Waals surface area contributed by atoms with E-state index < -0.39 is 0 Å². The quantitative estimate of drug-likeness (QED) is 0.750. The highest BCUT2D eigenvalue weighted by atomic mass is 35.5. The molecule has 1 unspecified atom stereocenters. The molecule has 3 nitrogen and oxygen atoms in total. The number of hydrogen-bond donors (Lipinski definition) is 0. The van der Waals surface area contributed by atoms with Crippen molar-refractivity contribution in [2.75, 3.05) is 19.8 Å². The molecule has 0 bridgehead atoms. The molecule has 0 spiro atoms. The third kappa shape index (κ3) is 3.28. The molecule has 1 heterocycles. The van der Waals surface area contributed by atoms with Crippen molar-refractivity contribution in [2.24, 2.45) is 4.99 Å². The lowest BCUT2D eigenvalue weighted by Gasteiger charge is -2.17. The molecule has 0 saturated carbocycles. The average Bonchev–Trinajstić information content (AvgIpc) is 2.89. The molecule has 1 atom stereocenters. The Morgan fingerprint density at radius 2 is 2.20 bits per heavy atom. The van der Waals surface area contributed by atoms with E-state index in [1.54, 1.807) is 12.1 Å². The van der Waals surface area contributed by atoms with Gasteiger partial charge in [-0.05, 0) is 19.1 Å². The molecule has 108 valence electrons. The Morgan fingerprint density at radius 3 is 2.90 bits per heavy atom. The van der Waals surface area contributed by atoms with Gasteiger partial charge in [-0.25, -0.2) is 0 Å². The van der Waals surface area contributed by atoms with Crippen molar-refractivity contribution in [3.8, 4) is 5.75 Å². The number of nitrogens with zero attached hydrogens (tertiary/aromatic N) is 1. The van der Waals surface area contributed by atoms with Gasteiger partial charge >= 0.3 is 0 Å². The molecule has 0 saturated heterocycles. The summed E-state index contributed by atoms with van der Waals surface area (Å²) in [4.78, 5) is 4.39. The van der Waals surface area contributed by atoms with E-state index in [1.807, 2.05) is 13.0 Å². The molecule has 0 aliphatic carbocycles. The molecule has 2 rings (SSSR count). The van der Waals surface area contributed by atoms with Crippen molar-refractivity contribution < 1.29 is 9.47 Å². The molecule has 20 heavy (non-hydrogen) atoms. The van der Waals surface area contributed by atoms with Crippen LogP contribution < -0.4 is 4.74 Å². The van der Waals surface area contributed by atoms with Crippen LogP contribution in [-0.4, -0.2) is 25.7 Å². The Hall–Kier alpha value is -1.19. The number of rotatable bonds is 5. The van der Waals surface area contributed by atoms with Crippen LogP contribution >= 0.6 is 23.2 Å². The first kappa shape index (κ1) is 15.2. The Labute approximate surface area is 129 Å². The van der Waals surface area contributed by atoms with E-state index in [4.69, 9.17) is 32.7 Å². The van der Waals surface area contributed by atoms with Crippen LogP contribution in [0.1, 0.15) is 24.8 Å². The lowest BCUT2D eigenvalue weighted by Crippen LogP contribution is -2.07. The van der Waals surface area contributed by atoms with Crippen molar-refractivity contribution in [1.82, 2.24) is 0 Å². The van der Waals surface area contributed by atoms with E-state index >= 15 is 0 Å². The topological polar surface area (TPSA) is 30.8 Å². The zero-order valence-corrected chi connectivity index (χ0v) is 12.9. The fourth-order valence-electron chi connectivity index (χ4n) is 2.22. The highest BCUT2D eigenvalue weighted by Gasteiger charge is 2.27. The molecular formula is C15H17Cl2NO2. The Balaban J connectivity index is 2.26. The van der Waals surface area contributed by atoms with Crippen LogP contribution in [0.25, 0.3) is 0 Å². The predicted octanol–water partition coefficient (Wildman–Crippen LogP) is 4.48. The molecule has 0 aromatic heterocycles. The van der Waals surface area contributed by atoms with Gasteiger partial charge in [0.1, 0.15) is 12.4 Å². The normalized spacial score (nSPS) is 17.8. The maximum absolute atomic E-state index is 6.35. The van der Waals surface area contributed by atoms with Crippen LogP contribution in [0.3, 0.4) is 0 Å². The number of aliphatic imine (C=N–C) groups is 1. The summed E-state index contributed by atoms with van der Waals surface area (Å²) in [6.45, 7) is 7.28. The summed E-state index contributed by atoms with van der Waals surface area (Å²) in [5.41, 5.74) is 0.902. The summed E-state index contributed by atoms with van der Waals surface area (Å²) in [5.74, 6) is 1.64. The van der Waals surface area contributed by atoms with Crippen molar-refractivity contribution in [1.29, 1.82) is 0 Å². The van der Waals surface area contributed by atoms with Gasteiger partial charge in [-0.2, -0.15) is 0 Å². The van der Waals surface area contributed by atoms with E-state index in [0.29, 0.717) is 29.8 Å². The maximum atomic E-state index is 6.35. The minimum absolute atomic E-state index is 0.141. The molecule has 1 aliphatic heterocycles. The first-order chi connectivity index (χ1) is 9.67. The molecule has 1 aromatic carbocycles. The highest BCUT2D eigenvalue weighted by Crippen LogP contribution is 2.41. The SMILES string of the molecule is C=CCOc1ccc(Cl)c(Cl)c1C1CN=C(OCC)C1. The summed E-state index contributed by atoms with van der Waals surface area (Å²) >= 11 is 12.5. The standard InChI is InChI=1S/C15H17Cl2NO2/c1-3-7-20-12-6-5-11(16)15(17)14(12)10-8-13(18-9-10)19-4-2/h3,5-6,10H,1,4,7-9H2,2H3. The fraction of sp³-hybridized carbons (Fsp3) is 0.400. The number of ether oxygens (including phenoxy) is 2. The summed E-state index contributed by atoms with van der Waals surface area (Å²) < 4.78 is 11.1. The van der Waals surface area contributed by atoms with Gasteiger partial charge in [-0.15, -0.1) is 0 Å². The second-order valence-corrected chi connectivity index (χ2v) is 5.23. The van der Waals surface area contributed by atoms with Crippen molar-refractivity contribution >= 4 is 29.1 Å². The van der Waals surface area contributed by atoms with Crippen molar-refractivity contribution in [3.05, 3.63) is 40.4 Å². The second kappa shape index (κ2) is 7.00. The minimum Gasteiger partial charge on any atom is -0.489 e. The van der Waals surface area contributed by atoms with E-state index in [-0.39, 0.29) is 5.92 Å². The van der Waals surface area contributed by atoms with Crippen LogP contribution in [0.15, 0.2) is 29.8 Å². The molecule has 1 aliphatic rings. The van der Waals surface area contributed by atoms with Crippen LogP contribution in [0.5, 0.6) is 5.75 Å². The minimum atomic E-state index is 0.141. The smallest absolute Gasteiger partial charge is 0.183 e. The first-order valence-corrected chi connectivity index (χ1v) is 7.30. The first-order valence-electron chi connectivity index (χ1n) is 6.55. The lowest BCUT2D eigenvalue weighted by atomic mass is 9.96. The fourth-order valence-corrected chi connectivity index (χ4v) is 2.70. The lowest BCUT2D eigenvalue weighted by molar-refractivity contribution is 0.319. The zero-order valence-electron chi connectivity index (χ0n) is 11.4. The van der Waals surface area contributed by atoms with Crippen LogP contribution in [0, 0.1) is 0 Å². The maximum Gasteiger partial charge on any atom is 0.183 e. The van der Waals surface area contributed by atoms with E-state index in [2.05, 4.69) is 11.6 Å². The molecule has 0 radical (unpaired) electrons. The predicted molar refractivity (Wildman–Crippen MR) is 83.4 cm³/mol. The van der Waals surface area contributed by atoms with E-state index in [1.165, 1.54) is 0 Å². The van der Waals surface area contributed by atoms with Gasteiger partial charge in [0.25, 0.3) is 0 Å². The molecular weight excluding hydrogens is 297 g/mol. The Morgan fingerprint density at radius 1 is 1.40 bits per heavy atom. The summed E-state index contributed by atoms with van der Waals surface area (Å²) in [6, 6.07) is 3.58. The second-order valence-electron chi connectivity index (χ2n) is 4.44. The molecule has 1 aromatic rings. The van der Waals surface area contributed by atoms with Crippen molar-refractivity contribution in [2.45, 2.75) is 19.3 Å². The number of benzene rings is 1. The van der Waals surface area contributed by atoms with Gasteiger partial charge in [-0.3, -0.25) is 4.99 Å². The van der Waals surface area contributed by atoms with Crippen LogP contribution in [0.2, 0.25) is 10.0 Å². The van der Waals surface area contributed by atoms with Gasteiger partial charge in [-0.1, -0.05) is 35.9 Å². The van der Waals surface area contributed by atoms with Gasteiger partial charge in [0.05, 0.1) is 23.2 Å². The van der Waals surface area contributed by atoms with Gasteiger partial charge in [0.2, 0.25) is 0 Å². The highest BCUT2D eigenvalue weighted by molar-refractivity contribution is 6.42. The molecule has 0 amide bonds. The molecule has 5 heteroatoms. The molecule has 0 N–H and O–H groups in total. The monoisotopic (exact) mass is 313 g/mol. The third-order valence-electron chi connectivity index (χ3n) is 3.08. The van der Waals surface area contributed by atoms with Crippen LogP contribution in [-0.2, 0) is 4.74 Å². The van der Waals surface area contributed by atoms with Gasteiger partial charge in [0.15, 0.2) is 5.90 Å². The van der Waals surface area contributed by atoms with E-state index in [9.17, 15) is 0 Å². The Kier molecular flexibility index (Phi) is 5.32. The summed E-state index contributed by atoms with van der Waals surface area (Å²) in [6.07, 6.45) is 2.42. The summed E-state index contributed by atoms with van der Waals surface area (Å²) in [7, 11) is 0. The van der Waals surface area contributed by atoms with Crippen LogP contribution in [0.4, 0.5) is 0 Å². The number of hydrogen-bond acceptors (Lipinski definition) is 3. The Bertz CT molecular complexity index is 529. The third-order valence-corrected chi connectivity index (χ3v) is 3.90. The van der Waals surface area contributed by atoms with Gasteiger partial charge in [0, 0.05) is 17.9 Å². The number of halogens is 2. The molecule has 0 fully saturated rings. The average molecular weight is 314 g/mol.